The number of thiophene rings is 1. The number of carbonyl (C=O) groups is 1. The van der Waals surface area contributed by atoms with Crippen LogP contribution in [-0.4, -0.2) is 70.4 Å². The maximum Gasteiger partial charge on any atom is 0.277 e. The molecule has 28 heavy (non-hydrogen) atoms. The Balaban J connectivity index is 1.53. The van der Waals surface area contributed by atoms with Gasteiger partial charge in [-0.25, -0.2) is 8.42 Å². The van der Waals surface area contributed by atoms with Crippen molar-refractivity contribution in [3.8, 4) is 5.75 Å². The lowest BCUT2D eigenvalue weighted by atomic mass is 10.3. The lowest BCUT2D eigenvalue weighted by molar-refractivity contribution is -0.885. The van der Waals surface area contributed by atoms with Gasteiger partial charge >= 0.3 is 0 Å². The number of amides is 1. The molecule has 2 aromatic rings. The van der Waals surface area contributed by atoms with Crippen molar-refractivity contribution in [3.05, 3.63) is 46.7 Å². The number of quaternary nitrogens is 1. The van der Waals surface area contributed by atoms with Crippen LogP contribution >= 0.6 is 11.3 Å². The van der Waals surface area contributed by atoms with E-state index in [1.165, 1.54) is 9.18 Å². The molecule has 0 bridgehead atoms. The molecule has 1 fully saturated rings. The summed E-state index contributed by atoms with van der Waals surface area (Å²) in [6.07, 6.45) is 0. The van der Waals surface area contributed by atoms with E-state index in [4.69, 9.17) is 4.74 Å². The quantitative estimate of drug-likeness (QED) is 0.694. The molecule has 7 nitrogen and oxygen atoms in total. The summed E-state index contributed by atoms with van der Waals surface area (Å²) in [5.41, 5.74) is 0. The minimum atomic E-state index is -3.56. The van der Waals surface area contributed by atoms with Crippen molar-refractivity contribution in [2.45, 2.75) is 11.4 Å². The molecule has 1 saturated heterocycles. The molecule has 1 aliphatic rings. The lowest BCUT2D eigenvalue weighted by Crippen LogP contribution is -3.08. The van der Waals surface area contributed by atoms with Gasteiger partial charge in [-0.3, -0.25) is 4.79 Å². The molecule has 2 heterocycles. The molecule has 0 saturated carbocycles. The van der Waals surface area contributed by atoms with Crippen LogP contribution < -0.4 is 9.64 Å². The van der Waals surface area contributed by atoms with Crippen LogP contribution in [0.3, 0.4) is 0 Å². The highest BCUT2D eigenvalue weighted by atomic mass is 32.2. The third kappa shape index (κ3) is 4.91. The van der Waals surface area contributed by atoms with E-state index >= 15 is 0 Å². The highest BCUT2D eigenvalue weighted by molar-refractivity contribution is 7.89. The number of hydrogen-bond acceptors (Lipinski definition) is 5. The van der Waals surface area contributed by atoms with Crippen LogP contribution in [0.4, 0.5) is 0 Å². The summed E-state index contributed by atoms with van der Waals surface area (Å²) in [6.45, 7) is 2.67. The van der Waals surface area contributed by atoms with Gasteiger partial charge in [0.25, 0.3) is 5.91 Å². The predicted molar refractivity (Wildman–Crippen MR) is 108 cm³/mol. The molecular formula is C19H26N3O4S2+. The molecule has 1 aliphatic heterocycles. The number of sulfonamides is 1. The Morgan fingerprint density at radius 3 is 2.39 bits per heavy atom. The molecule has 9 heteroatoms. The Kier molecular flexibility index (Phi) is 6.71. The number of piperazine rings is 1. The predicted octanol–water partition coefficient (Wildman–Crippen LogP) is 0.305. The van der Waals surface area contributed by atoms with Crippen molar-refractivity contribution < 1.29 is 22.8 Å². The van der Waals surface area contributed by atoms with Gasteiger partial charge in [0.05, 0.1) is 23.9 Å². The molecule has 1 N–H and O–H groups in total. The second kappa shape index (κ2) is 9.04. The van der Waals surface area contributed by atoms with Gasteiger partial charge in [0.15, 0.2) is 6.54 Å². The normalized spacial score (nSPS) is 16.7. The molecule has 0 radical (unpaired) electrons. The zero-order valence-corrected chi connectivity index (χ0v) is 17.8. The summed E-state index contributed by atoms with van der Waals surface area (Å²) in [4.78, 5) is 16.9. The summed E-state index contributed by atoms with van der Waals surface area (Å²) >= 11 is 1.69. The number of carbonyl (C=O) groups excluding carboxylic acids is 1. The summed E-state index contributed by atoms with van der Waals surface area (Å²) < 4.78 is 32.1. The van der Waals surface area contributed by atoms with Gasteiger partial charge in [-0.2, -0.15) is 4.31 Å². The standard InChI is InChI=1S/C19H25N3O4S2/c1-20(14-17-4-3-13-27-17)15-19(23)21-9-11-22(12-10-21)28(24,25)18-7-5-16(26-2)6-8-18/h3-8,13H,9-12,14-15H2,1-2H3/p+1. The van der Waals surface area contributed by atoms with E-state index in [1.807, 2.05) is 18.5 Å². The molecular weight excluding hydrogens is 398 g/mol. The zero-order chi connectivity index (χ0) is 20.1. The average Bonchev–Trinajstić information content (AvgIpc) is 3.21. The van der Waals surface area contributed by atoms with E-state index in [1.54, 1.807) is 47.6 Å². The third-order valence-electron chi connectivity index (χ3n) is 4.80. The highest BCUT2D eigenvalue weighted by Crippen LogP contribution is 2.20. The minimum absolute atomic E-state index is 0.0653. The highest BCUT2D eigenvalue weighted by Gasteiger charge is 2.30. The van der Waals surface area contributed by atoms with Crippen LogP contribution in [0, 0.1) is 0 Å². The van der Waals surface area contributed by atoms with Gasteiger partial charge in [-0.1, -0.05) is 6.07 Å². The number of ether oxygens (including phenoxy) is 1. The van der Waals surface area contributed by atoms with Gasteiger partial charge < -0.3 is 14.5 Å². The van der Waals surface area contributed by atoms with Gasteiger partial charge in [-0.15, -0.1) is 11.3 Å². The summed E-state index contributed by atoms with van der Waals surface area (Å²) in [5.74, 6) is 0.680. The van der Waals surface area contributed by atoms with Gasteiger partial charge in [-0.05, 0) is 35.7 Å². The number of nitrogens with zero attached hydrogens (tertiary/aromatic N) is 2. The van der Waals surface area contributed by atoms with Gasteiger partial charge in [0.1, 0.15) is 12.3 Å². The smallest absolute Gasteiger partial charge is 0.277 e. The number of benzene rings is 1. The second-order valence-corrected chi connectivity index (χ2v) is 9.82. The van der Waals surface area contributed by atoms with E-state index in [9.17, 15) is 13.2 Å². The molecule has 152 valence electrons. The number of hydrogen-bond donors (Lipinski definition) is 1. The van der Waals surface area contributed by atoms with Crippen LogP contribution in [0.15, 0.2) is 46.7 Å². The molecule has 1 amide bonds. The molecule has 3 rings (SSSR count). The monoisotopic (exact) mass is 424 g/mol. The topological polar surface area (TPSA) is 71.4 Å². The molecule has 0 aliphatic carbocycles. The summed E-state index contributed by atoms with van der Waals surface area (Å²) in [7, 11) is -0.0145. The van der Waals surface area contributed by atoms with Gasteiger partial charge in [0.2, 0.25) is 10.0 Å². The fourth-order valence-corrected chi connectivity index (χ4v) is 5.46. The van der Waals surface area contributed by atoms with Crippen molar-refractivity contribution in [3.63, 3.8) is 0 Å². The van der Waals surface area contributed by atoms with Crippen molar-refractivity contribution >= 4 is 27.3 Å². The molecule has 1 aromatic carbocycles. The summed E-state index contributed by atoms with van der Waals surface area (Å²) in [6, 6.07) is 10.5. The van der Waals surface area contributed by atoms with Gasteiger partial charge in [0, 0.05) is 26.2 Å². The van der Waals surface area contributed by atoms with Crippen LogP contribution in [0.2, 0.25) is 0 Å². The SMILES string of the molecule is COc1ccc(S(=O)(=O)N2CCN(C(=O)C[NH+](C)Cc3cccs3)CC2)cc1. The molecule has 1 unspecified atom stereocenters. The Bertz CT molecular complexity index is 874. The van der Waals surface area contributed by atoms with E-state index in [2.05, 4.69) is 6.07 Å². The third-order valence-corrected chi connectivity index (χ3v) is 7.59. The molecule has 0 spiro atoms. The van der Waals surface area contributed by atoms with E-state index in [-0.39, 0.29) is 10.8 Å². The Labute approximate surface area is 170 Å². The van der Waals surface area contributed by atoms with Crippen LogP contribution in [0.1, 0.15) is 4.88 Å². The first kappa shape index (κ1) is 20.8. The molecule has 1 atom stereocenters. The average molecular weight is 425 g/mol. The fraction of sp³-hybridized carbons (Fsp3) is 0.421. The van der Waals surface area contributed by atoms with Crippen molar-refractivity contribution in [2.24, 2.45) is 0 Å². The number of nitrogens with one attached hydrogen (secondary N) is 1. The Morgan fingerprint density at radius 2 is 1.82 bits per heavy atom. The van der Waals surface area contributed by atoms with Crippen molar-refractivity contribution in [1.29, 1.82) is 0 Å². The summed E-state index contributed by atoms with van der Waals surface area (Å²) in [5, 5.41) is 2.03. The Morgan fingerprint density at radius 1 is 1.14 bits per heavy atom. The number of methoxy groups -OCH3 is 1. The second-order valence-electron chi connectivity index (χ2n) is 6.85. The maximum atomic E-state index is 12.8. The largest absolute Gasteiger partial charge is 0.497 e. The fourth-order valence-electron chi connectivity index (χ4n) is 3.22. The first-order valence-corrected chi connectivity index (χ1v) is 11.5. The van der Waals surface area contributed by atoms with Crippen LogP contribution in [0.25, 0.3) is 0 Å². The van der Waals surface area contributed by atoms with Crippen molar-refractivity contribution in [1.82, 2.24) is 9.21 Å². The number of rotatable bonds is 7. The first-order valence-electron chi connectivity index (χ1n) is 9.16. The minimum Gasteiger partial charge on any atom is -0.497 e. The zero-order valence-electron chi connectivity index (χ0n) is 16.1. The van der Waals surface area contributed by atoms with Crippen LogP contribution in [0.5, 0.6) is 5.75 Å². The maximum absolute atomic E-state index is 12.8. The van der Waals surface area contributed by atoms with Crippen LogP contribution in [-0.2, 0) is 21.4 Å². The lowest BCUT2D eigenvalue weighted by Gasteiger charge is -2.34. The van der Waals surface area contributed by atoms with E-state index in [0.717, 1.165) is 11.4 Å². The number of likely N-dealkylation sites (N-methyl/N-ethyl adjacent to an activating group) is 1. The van der Waals surface area contributed by atoms with Crippen molar-refractivity contribution in [2.75, 3.05) is 46.9 Å². The van der Waals surface area contributed by atoms with E-state index in [0.29, 0.717) is 38.5 Å². The molecule has 1 aromatic heterocycles. The first-order chi connectivity index (χ1) is 13.4. The Hall–Kier alpha value is -1.94. The van der Waals surface area contributed by atoms with E-state index < -0.39 is 10.0 Å².